The largest absolute Gasteiger partial charge is 0.316 e. The van der Waals surface area contributed by atoms with Gasteiger partial charge in [-0.3, -0.25) is 0 Å². The molecule has 3 aromatic carbocycles. The maximum atomic E-state index is 5.30. The van der Waals surface area contributed by atoms with Crippen molar-refractivity contribution < 1.29 is 0 Å². The van der Waals surface area contributed by atoms with E-state index in [-0.39, 0.29) is 6.04 Å². The SMILES string of the molecule is Cc1ccc(-c2nc3c4c(c5ccccc5c3n2C2C=CC=CC2)CCC=C4)cc1. The van der Waals surface area contributed by atoms with Gasteiger partial charge in [0, 0.05) is 16.5 Å². The second kappa shape index (κ2) is 6.84. The van der Waals surface area contributed by atoms with Crippen LogP contribution in [0.4, 0.5) is 0 Å². The molecule has 0 fully saturated rings. The van der Waals surface area contributed by atoms with Crippen molar-refractivity contribution in [3.63, 3.8) is 0 Å². The number of nitrogens with zero attached hydrogens (tertiary/aromatic N) is 2. The Kier molecular flexibility index (Phi) is 3.98. The van der Waals surface area contributed by atoms with Crippen LogP contribution in [0.15, 0.2) is 78.9 Å². The highest BCUT2D eigenvalue weighted by Crippen LogP contribution is 2.41. The zero-order valence-electron chi connectivity index (χ0n) is 17.2. The maximum Gasteiger partial charge on any atom is 0.141 e. The second-order valence-electron chi connectivity index (χ2n) is 8.36. The zero-order chi connectivity index (χ0) is 20.1. The maximum absolute atomic E-state index is 5.30. The quantitative estimate of drug-likeness (QED) is 0.355. The number of aryl methyl sites for hydroxylation is 2. The van der Waals surface area contributed by atoms with Gasteiger partial charge in [0.1, 0.15) is 5.82 Å². The molecule has 0 aliphatic heterocycles. The Morgan fingerprint density at radius 3 is 2.57 bits per heavy atom. The highest BCUT2D eigenvalue weighted by molar-refractivity contribution is 6.11. The first kappa shape index (κ1) is 17.5. The van der Waals surface area contributed by atoms with E-state index in [1.165, 1.54) is 38.5 Å². The van der Waals surface area contributed by atoms with E-state index in [2.05, 4.69) is 96.5 Å². The molecular weight excluding hydrogens is 364 g/mol. The van der Waals surface area contributed by atoms with Crippen molar-refractivity contribution in [1.29, 1.82) is 0 Å². The van der Waals surface area contributed by atoms with Crippen molar-refractivity contribution in [3.8, 4) is 11.4 Å². The van der Waals surface area contributed by atoms with Crippen LogP contribution in [0.2, 0.25) is 0 Å². The van der Waals surface area contributed by atoms with Crippen LogP contribution in [0.3, 0.4) is 0 Å². The van der Waals surface area contributed by atoms with Crippen molar-refractivity contribution in [3.05, 3.63) is 95.6 Å². The van der Waals surface area contributed by atoms with Gasteiger partial charge in [0.15, 0.2) is 0 Å². The van der Waals surface area contributed by atoms with Crippen molar-refractivity contribution in [1.82, 2.24) is 9.55 Å². The summed E-state index contributed by atoms with van der Waals surface area (Å²) < 4.78 is 2.48. The van der Waals surface area contributed by atoms with E-state index in [0.29, 0.717) is 0 Å². The van der Waals surface area contributed by atoms with Crippen molar-refractivity contribution in [2.75, 3.05) is 0 Å². The topological polar surface area (TPSA) is 17.8 Å². The molecule has 2 nitrogen and oxygen atoms in total. The normalized spacial score (nSPS) is 17.7. The lowest BCUT2D eigenvalue weighted by atomic mass is 9.90. The number of rotatable bonds is 2. The second-order valence-corrected chi connectivity index (χ2v) is 8.36. The molecule has 2 aliphatic rings. The monoisotopic (exact) mass is 388 g/mol. The first-order chi connectivity index (χ1) is 14.8. The fourth-order valence-electron chi connectivity index (χ4n) is 4.98. The first-order valence-corrected chi connectivity index (χ1v) is 10.8. The molecule has 146 valence electrons. The van der Waals surface area contributed by atoms with Crippen molar-refractivity contribution >= 4 is 27.9 Å². The molecule has 0 saturated heterocycles. The molecule has 2 aliphatic carbocycles. The molecule has 1 atom stereocenters. The van der Waals surface area contributed by atoms with Gasteiger partial charge in [-0.25, -0.2) is 4.98 Å². The molecule has 0 amide bonds. The van der Waals surface area contributed by atoms with E-state index in [9.17, 15) is 0 Å². The summed E-state index contributed by atoms with van der Waals surface area (Å²) in [5.74, 6) is 1.06. The van der Waals surface area contributed by atoms with E-state index in [4.69, 9.17) is 4.98 Å². The van der Waals surface area contributed by atoms with Gasteiger partial charge in [-0.15, -0.1) is 0 Å². The van der Waals surface area contributed by atoms with Gasteiger partial charge >= 0.3 is 0 Å². The van der Waals surface area contributed by atoms with Crippen LogP contribution in [0.1, 0.15) is 35.6 Å². The summed E-state index contributed by atoms with van der Waals surface area (Å²) in [6.45, 7) is 2.14. The summed E-state index contributed by atoms with van der Waals surface area (Å²) in [6, 6.07) is 17.9. The van der Waals surface area contributed by atoms with Crippen LogP contribution < -0.4 is 0 Å². The Balaban J connectivity index is 1.77. The van der Waals surface area contributed by atoms with Crippen LogP contribution in [0.25, 0.3) is 39.3 Å². The van der Waals surface area contributed by atoms with E-state index < -0.39 is 0 Å². The number of allylic oxidation sites excluding steroid dienone is 5. The minimum absolute atomic E-state index is 0.269. The molecule has 6 rings (SSSR count). The van der Waals surface area contributed by atoms with Gasteiger partial charge in [0.2, 0.25) is 0 Å². The van der Waals surface area contributed by atoms with Gasteiger partial charge in [-0.05, 0) is 37.1 Å². The molecule has 1 aromatic heterocycles. The summed E-state index contributed by atoms with van der Waals surface area (Å²) in [5, 5.41) is 2.69. The van der Waals surface area contributed by atoms with E-state index in [1.54, 1.807) is 0 Å². The molecule has 0 radical (unpaired) electrons. The predicted molar refractivity (Wildman–Crippen MR) is 127 cm³/mol. The van der Waals surface area contributed by atoms with E-state index in [1.807, 2.05) is 0 Å². The molecule has 0 spiro atoms. The van der Waals surface area contributed by atoms with E-state index >= 15 is 0 Å². The van der Waals surface area contributed by atoms with Gasteiger partial charge in [0.25, 0.3) is 0 Å². The van der Waals surface area contributed by atoms with Gasteiger partial charge in [0.05, 0.1) is 17.1 Å². The zero-order valence-corrected chi connectivity index (χ0v) is 17.2. The molecule has 0 saturated carbocycles. The molecule has 2 heteroatoms. The summed E-state index contributed by atoms with van der Waals surface area (Å²) >= 11 is 0. The number of imidazole rings is 1. The molecule has 30 heavy (non-hydrogen) atoms. The fourth-order valence-corrected chi connectivity index (χ4v) is 4.98. The van der Waals surface area contributed by atoms with E-state index in [0.717, 1.165) is 30.6 Å². The molecular formula is C28H24N2. The summed E-state index contributed by atoms with van der Waals surface area (Å²) in [7, 11) is 0. The van der Waals surface area contributed by atoms with Crippen LogP contribution in [-0.2, 0) is 6.42 Å². The minimum atomic E-state index is 0.269. The average Bonchev–Trinajstić information content (AvgIpc) is 3.21. The number of aromatic nitrogens is 2. The Morgan fingerprint density at radius 1 is 0.933 bits per heavy atom. The number of fused-ring (bicyclic) bond motifs is 6. The number of benzene rings is 3. The number of hydrogen-bond donors (Lipinski definition) is 0. The summed E-state index contributed by atoms with van der Waals surface area (Å²) in [5.41, 5.74) is 7.59. The summed E-state index contributed by atoms with van der Waals surface area (Å²) in [6.07, 6.45) is 16.6. The molecule has 0 N–H and O–H groups in total. The third kappa shape index (κ3) is 2.60. The van der Waals surface area contributed by atoms with Gasteiger partial charge in [-0.2, -0.15) is 0 Å². The lowest BCUT2D eigenvalue weighted by molar-refractivity contribution is 0.632. The van der Waals surface area contributed by atoms with Crippen molar-refractivity contribution in [2.24, 2.45) is 0 Å². The Hall–Kier alpha value is -3.39. The lowest BCUT2D eigenvalue weighted by Gasteiger charge is -2.21. The predicted octanol–water partition coefficient (Wildman–Crippen LogP) is 7.18. The first-order valence-electron chi connectivity index (χ1n) is 10.8. The highest BCUT2D eigenvalue weighted by atomic mass is 15.1. The lowest BCUT2D eigenvalue weighted by Crippen LogP contribution is -2.09. The Bertz CT molecular complexity index is 1360. The average molecular weight is 389 g/mol. The molecule has 1 unspecified atom stereocenters. The molecule has 0 bridgehead atoms. The van der Waals surface area contributed by atoms with Gasteiger partial charge < -0.3 is 4.57 Å². The van der Waals surface area contributed by atoms with Crippen LogP contribution >= 0.6 is 0 Å². The fraction of sp³-hybridized carbons (Fsp3) is 0.179. The highest BCUT2D eigenvalue weighted by Gasteiger charge is 2.24. The third-order valence-corrected chi connectivity index (χ3v) is 6.44. The molecule has 4 aromatic rings. The Labute approximate surface area is 176 Å². The van der Waals surface area contributed by atoms with Crippen LogP contribution in [-0.4, -0.2) is 9.55 Å². The molecule has 1 heterocycles. The summed E-state index contributed by atoms with van der Waals surface area (Å²) in [4.78, 5) is 5.30. The third-order valence-electron chi connectivity index (χ3n) is 6.44. The van der Waals surface area contributed by atoms with Crippen molar-refractivity contribution in [2.45, 2.75) is 32.2 Å². The standard InChI is InChI=1S/C28H24N2/c1-19-15-17-20(18-16-19)28-29-26-24-13-7-5-11-22(24)23-12-6-8-14-25(23)27(26)30(28)21-9-3-2-4-10-21/h2-4,6-9,12-18,21H,5,10-11H2,1H3. The van der Waals surface area contributed by atoms with Crippen LogP contribution in [0, 0.1) is 6.92 Å². The Morgan fingerprint density at radius 2 is 1.77 bits per heavy atom. The minimum Gasteiger partial charge on any atom is -0.316 e. The smallest absolute Gasteiger partial charge is 0.141 e. The van der Waals surface area contributed by atoms with Crippen LogP contribution in [0.5, 0.6) is 0 Å². The van der Waals surface area contributed by atoms with Gasteiger partial charge in [-0.1, -0.05) is 90.6 Å². The number of hydrogen-bond acceptors (Lipinski definition) is 1.